The molecule has 0 aliphatic heterocycles. The van der Waals surface area contributed by atoms with Gasteiger partial charge in [-0.05, 0) is 36.4 Å². The molecule has 3 rings (SSSR count). The minimum absolute atomic E-state index is 0.180. The average Bonchev–Trinajstić information content (AvgIpc) is 2.77. The molecule has 0 aromatic heterocycles. The lowest BCUT2D eigenvalue weighted by atomic mass is 10.1. The largest absolute Gasteiger partial charge is 0.484 e. The van der Waals surface area contributed by atoms with Gasteiger partial charge in [0.1, 0.15) is 11.5 Å². The molecule has 0 heterocycles. The lowest BCUT2D eigenvalue weighted by Gasteiger charge is -2.15. The van der Waals surface area contributed by atoms with Gasteiger partial charge in [0, 0.05) is 0 Å². The normalized spacial score (nSPS) is 10.8. The van der Waals surface area contributed by atoms with Crippen molar-refractivity contribution >= 4 is 23.2 Å². The zero-order valence-electron chi connectivity index (χ0n) is 16.7. The van der Waals surface area contributed by atoms with Gasteiger partial charge in [-0.1, -0.05) is 42.5 Å². The van der Waals surface area contributed by atoms with E-state index < -0.39 is 30.2 Å². The second-order valence-electron chi connectivity index (χ2n) is 6.53. The molecule has 0 radical (unpaired) electrons. The Morgan fingerprint density at radius 1 is 0.688 bits per heavy atom. The van der Waals surface area contributed by atoms with Crippen LogP contribution >= 0.6 is 0 Å². The fraction of sp³-hybridized carbons (Fsp3) is 0.130. The molecule has 166 valence electrons. The van der Waals surface area contributed by atoms with Crippen LogP contribution in [0.4, 0.5) is 24.5 Å². The van der Waals surface area contributed by atoms with E-state index >= 15 is 0 Å². The molecule has 0 unspecified atom stereocenters. The number of alkyl halides is 3. The first-order chi connectivity index (χ1) is 15.3. The van der Waals surface area contributed by atoms with Crippen molar-refractivity contribution in [2.45, 2.75) is 6.18 Å². The van der Waals surface area contributed by atoms with Crippen LogP contribution in [-0.2, 0) is 15.8 Å². The first-order valence-corrected chi connectivity index (χ1v) is 9.48. The van der Waals surface area contributed by atoms with E-state index in [-0.39, 0.29) is 23.7 Å². The summed E-state index contributed by atoms with van der Waals surface area (Å²) < 4.78 is 50.0. The van der Waals surface area contributed by atoms with E-state index in [9.17, 15) is 22.8 Å². The minimum Gasteiger partial charge on any atom is -0.484 e. The summed E-state index contributed by atoms with van der Waals surface area (Å²) >= 11 is 0. The van der Waals surface area contributed by atoms with Crippen LogP contribution in [0.5, 0.6) is 11.5 Å². The number of para-hydroxylation sites is 4. The van der Waals surface area contributed by atoms with E-state index in [1.54, 1.807) is 42.5 Å². The molecular formula is C23H19F3N2O4. The van der Waals surface area contributed by atoms with E-state index in [1.807, 2.05) is 6.07 Å². The third-order valence-corrected chi connectivity index (χ3v) is 4.14. The van der Waals surface area contributed by atoms with Crippen LogP contribution in [0.2, 0.25) is 0 Å². The van der Waals surface area contributed by atoms with Gasteiger partial charge in [0.15, 0.2) is 13.2 Å². The number of ether oxygens (including phenoxy) is 2. The van der Waals surface area contributed by atoms with Crippen molar-refractivity contribution < 1.29 is 32.2 Å². The zero-order chi connectivity index (χ0) is 23.0. The van der Waals surface area contributed by atoms with Crippen LogP contribution in [0.15, 0.2) is 78.9 Å². The first-order valence-electron chi connectivity index (χ1n) is 9.48. The Balaban J connectivity index is 1.57. The summed E-state index contributed by atoms with van der Waals surface area (Å²) in [5, 5.41) is 4.81. The molecule has 0 aliphatic carbocycles. The molecule has 32 heavy (non-hydrogen) atoms. The van der Waals surface area contributed by atoms with E-state index in [0.717, 1.165) is 12.1 Å². The Labute approximate surface area is 182 Å². The highest BCUT2D eigenvalue weighted by atomic mass is 19.4. The molecule has 0 saturated heterocycles. The molecule has 9 heteroatoms. The first kappa shape index (κ1) is 22.7. The minimum atomic E-state index is -4.61. The van der Waals surface area contributed by atoms with Crippen molar-refractivity contribution in [2.75, 3.05) is 23.8 Å². The van der Waals surface area contributed by atoms with Gasteiger partial charge in [-0.25, -0.2) is 0 Å². The maximum Gasteiger partial charge on any atom is 0.418 e. The average molecular weight is 444 g/mol. The van der Waals surface area contributed by atoms with Crippen LogP contribution in [0.3, 0.4) is 0 Å². The van der Waals surface area contributed by atoms with Crippen LogP contribution in [0.1, 0.15) is 5.56 Å². The fourth-order valence-corrected chi connectivity index (χ4v) is 2.72. The van der Waals surface area contributed by atoms with Crippen LogP contribution < -0.4 is 20.1 Å². The summed E-state index contributed by atoms with van der Waals surface area (Å²) in [5.41, 5.74) is -1.04. The lowest BCUT2D eigenvalue weighted by molar-refractivity contribution is -0.137. The summed E-state index contributed by atoms with van der Waals surface area (Å²) in [6.45, 7) is -0.799. The predicted octanol–water partition coefficient (Wildman–Crippen LogP) is 4.74. The third-order valence-electron chi connectivity index (χ3n) is 4.14. The van der Waals surface area contributed by atoms with E-state index in [0.29, 0.717) is 5.75 Å². The number of hydrogen-bond donors (Lipinski definition) is 2. The van der Waals surface area contributed by atoms with Crippen molar-refractivity contribution in [2.24, 2.45) is 0 Å². The highest BCUT2D eigenvalue weighted by molar-refractivity contribution is 5.94. The molecule has 3 aromatic carbocycles. The quantitative estimate of drug-likeness (QED) is 0.526. The summed E-state index contributed by atoms with van der Waals surface area (Å²) in [7, 11) is 0. The van der Waals surface area contributed by atoms with Gasteiger partial charge in [0.2, 0.25) is 0 Å². The van der Waals surface area contributed by atoms with E-state index in [2.05, 4.69) is 10.6 Å². The van der Waals surface area contributed by atoms with Gasteiger partial charge in [0.05, 0.1) is 16.9 Å². The zero-order valence-corrected chi connectivity index (χ0v) is 16.7. The Kier molecular flexibility index (Phi) is 7.33. The standard InChI is InChI=1S/C23H19F3N2O4/c24-23(25,26)17-10-4-5-11-18(17)27-22(30)15-32-20-13-7-6-12-19(20)28-21(29)14-31-16-8-2-1-3-9-16/h1-13H,14-15H2,(H,27,30)(H,28,29). The molecule has 2 amide bonds. The molecule has 0 fully saturated rings. The van der Waals surface area contributed by atoms with Gasteiger partial charge in [-0.3, -0.25) is 9.59 Å². The number of hydrogen-bond acceptors (Lipinski definition) is 4. The number of benzene rings is 3. The molecular weight excluding hydrogens is 425 g/mol. The lowest BCUT2D eigenvalue weighted by Crippen LogP contribution is -2.23. The summed E-state index contributed by atoms with van der Waals surface area (Å²) in [6.07, 6.45) is -4.61. The van der Waals surface area contributed by atoms with Gasteiger partial charge >= 0.3 is 6.18 Å². The number of amides is 2. The number of carbonyl (C=O) groups excluding carboxylic acids is 2. The molecule has 0 bridgehead atoms. The summed E-state index contributed by atoms with van der Waals surface area (Å²) in [5.74, 6) is -0.522. The maximum absolute atomic E-state index is 13.1. The van der Waals surface area contributed by atoms with Crippen LogP contribution in [0, 0.1) is 0 Å². The van der Waals surface area contributed by atoms with Crippen molar-refractivity contribution in [1.29, 1.82) is 0 Å². The van der Waals surface area contributed by atoms with Crippen molar-refractivity contribution in [3.8, 4) is 11.5 Å². The Bertz CT molecular complexity index is 1070. The Morgan fingerprint density at radius 2 is 1.22 bits per heavy atom. The number of anilines is 2. The monoisotopic (exact) mass is 444 g/mol. The molecule has 0 spiro atoms. The van der Waals surface area contributed by atoms with E-state index in [4.69, 9.17) is 9.47 Å². The molecule has 0 atom stereocenters. The topological polar surface area (TPSA) is 76.7 Å². The summed E-state index contributed by atoms with van der Waals surface area (Å²) in [6, 6.07) is 19.8. The van der Waals surface area contributed by atoms with Crippen LogP contribution in [0.25, 0.3) is 0 Å². The smallest absolute Gasteiger partial charge is 0.418 e. The van der Waals surface area contributed by atoms with E-state index in [1.165, 1.54) is 18.2 Å². The number of nitrogens with one attached hydrogen (secondary N) is 2. The second-order valence-corrected chi connectivity index (χ2v) is 6.53. The Morgan fingerprint density at radius 3 is 1.91 bits per heavy atom. The molecule has 6 nitrogen and oxygen atoms in total. The number of halogens is 3. The van der Waals surface area contributed by atoms with Crippen molar-refractivity contribution in [3.63, 3.8) is 0 Å². The second kappa shape index (κ2) is 10.3. The molecule has 3 aromatic rings. The predicted molar refractivity (Wildman–Crippen MR) is 113 cm³/mol. The van der Waals surface area contributed by atoms with Gasteiger partial charge in [0.25, 0.3) is 11.8 Å². The van der Waals surface area contributed by atoms with Crippen LogP contribution in [-0.4, -0.2) is 25.0 Å². The van der Waals surface area contributed by atoms with Gasteiger partial charge in [-0.2, -0.15) is 13.2 Å². The molecule has 0 aliphatic rings. The van der Waals surface area contributed by atoms with Gasteiger partial charge in [-0.15, -0.1) is 0 Å². The fourth-order valence-electron chi connectivity index (χ4n) is 2.72. The van der Waals surface area contributed by atoms with Gasteiger partial charge < -0.3 is 20.1 Å². The number of rotatable bonds is 8. The van der Waals surface area contributed by atoms with Crippen molar-refractivity contribution in [3.05, 3.63) is 84.4 Å². The highest BCUT2D eigenvalue weighted by Gasteiger charge is 2.33. The summed E-state index contributed by atoms with van der Waals surface area (Å²) in [4.78, 5) is 24.3. The SMILES string of the molecule is O=C(COc1ccccc1)Nc1ccccc1OCC(=O)Nc1ccccc1C(F)(F)F. The third kappa shape index (κ3) is 6.49. The molecule has 2 N–H and O–H groups in total. The number of carbonyl (C=O) groups is 2. The van der Waals surface area contributed by atoms with Crippen molar-refractivity contribution in [1.82, 2.24) is 0 Å². The maximum atomic E-state index is 13.1. The molecule has 0 saturated carbocycles. The Hall–Kier alpha value is -4.01. The highest BCUT2D eigenvalue weighted by Crippen LogP contribution is 2.34.